The summed E-state index contributed by atoms with van der Waals surface area (Å²) in [4.78, 5) is 14.5. The number of methoxy groups -OCH3 is 1. The standard InChI is InChI=1S/C26H33F2N7O.CH5N/c1-17(29-2)24-26(33-16-36-3)35(25(34-24)20-11-21(27)13-31-12-20)15-19-5-4-18(10-23(19)28)6-9-32-22-7-8-30-14-22;1-2/h4-5,10-13,22,25,30,32,34H,2,6-9,14-16H2,1,3H3;2H2,1H3/b24-17+,33-26+;. The number of hydrogen-bond acceptors (Lipinski definition) is 8. The number of nitrogens with two attached hydrogens (primary N) is 1. The normalized spacial score (nSPS) is 21.2. The van der Waals surface area contributed by atoms with Gasteiger partial charge in [0.15, 0.2) is 5.84 Å². The number of aromatic nitrogens is 1. The molecular weight excluding hydrogens is 490 g/mol. The van der Waals surface area contributed by atoms with Crippen molar-refractivity contribution in [2.75, 3.05) is 40.5 Å². The van der Waals surface area contributed by atoms with Gasteiger partial charge in [-0.3, -0.25) is 9.98 Å². The van der Waals surface area contributed by atoms with Gasteiger partial charge in [0.25, 0.3) is 0 Å². The molecule has 2 aliphatic heterocycles. The Kier molecular flexibility index (Phi) is 11.3. The number of rotatable bonds is 10. The molecular formula is C27H38F2N8O. The van der Waals surface area contributed by atoms with Gasteiger partial charge in [-0.2, -0.15) is 0 Å². The zero-order chi connectivity index (χ0) is 27.5. The Morgan fingerprint density at radius 2 is 2.11 bits per heavy atom. The Bertz CT molecular complexity index is 1130. The molecule has 2 unspecified atom stereocenters. The molecule has 2 fully saturated rings. The summed E-state index contributed by atoms with van der Waals surface area (Å²) in [7, 11) is 3.04. The highest BCUT2D eigenvalue weighted by atomic mass is 19.1. The van der Waals surface area contributed by atoms with E-state index in [-0.39, 0.29) is 19.1 Å². The van der Waals surface area contributed by atoms with Gasteiger partial charge in [0.2, 0.25) is 0 Å². The van der Waals surface area contributed by atoms with Gasteiger partial charge in [0, 0.05) is 43.6 Å². The van der Waals surface area contributed by atoms with Crippen molar-refractivity contribution in [1.82, 2.24) is 25.8 Å². The molecule has 2 saturated heterocycles. The fourth-order valence-corrected chi connectivity index (χ4v) is 4.50. The van der Waals surface area contributed by atoms with Gasteiger partial charge in [-0.05, 0) is 64.3 Å². The number of ether oxygens (including phenoxy) is 1. The Balaban J connectivity index is 0.00000195. The second-order valence-corrected chi connectivity index (χ2v) is 8.95. The summed E-state index contributed by atoms with van der Waals surface area (Å²) in [5.74, 6) is -0.222. The molecule has 0 aliphatic carbocycles. The Morgan fingerprint density at radius 3 is 2.76 bits per heavy atom. The summed E-state index contributed by atoms with van der Waals surface area (Å²) >= 11 is 0. The predicted octanol–water partition coefficient (Wildman–Crippen LogP) is 2.47. The van der Waals surface area contributed by atoms with Gasteiger partial charge in [-0.1, -0.05) is 12.1 Å². The van der Waals surface area contributed by atoms with E-state index in [4.69, 9.17) is 4.74 Å². The van der Waals surface area contributed by atoms with E-state index in [9.17, 15) is 4.39 Å². The summed E-state index contributed by atoms with van der Waals surface area (Å²) in [5.41, 5.74) is 7.75. The average molecular weight is 529 g/mol. The maximum absolute atomic E-state index is 15.3. The lowest BCUT2D eigenvalue weighted by Crippen LogP contribution is -2.32. The third kappa shape index (κ3) is 7.41. The van der Waals surface area contributed by atoms with Crippen molar-refractivity contribution in [3.63, 3.8) is 0 Å². The molecule has 4 rings (SSSR count). The molecule has 5 N–H and O–H groups in total. The molecule has 0 radical (unpaired) electrons. The maximum atomic E-state index is 15.3. The molecule has 3 heterocycles. The van der Waals surface area contributed by atoms with Crippen LogP contribution in [0.5, 0.6) is 0 Å². The van der Waals surface area contributed by atoms with Gasteiger partial charge >= 0.3 is 0 Å². The van der Waals surface area contributed by atoms with Gasteiger partial charge in [-0.15, -0.1) is 0 Å². The summed E-state index contributed by atoms with van der Waals surface area (Å²) in [6.07, 6.45) is 4.05. The SMILES string of the molecule is C=N/C(C)=C1/NC(c2cncc(F)c2)N(Cc2ccc(CCNC3CCNC3)cc2F)/C1=N/COC.CN. The molecule has 38 heavy (non-hydrogen) atoms. The van der Waals surface area contributed by atoms with E-state index in [1.807, 2.05) is 11.0 Å². The predicted molar refractivity (Wildman–Crippen MR) is 147 cm³/mol. The molecule has 0 amide bonds. The first-order chi connectivity index (χ1) is 18.5. The molecule has 9 nitrogen and oxygen atoms in total. The molecule has 0 spiro atoms. The van der Waals surface area contributed by atoms with Gasteiger partial charge in [0.05, 0.1) is 11.9 Å². The zero-order valence-electron chi connectivity index (χ0n) is 22.3. The third-order valence-corrected chi connectivity index (χ3v) is 6.44. The van der Waals surface area contributed by atoms with E-state index in [1.165, 1.54) is 13.1 Å². The Labute approximate surface area is 223 Å². The number of amidine groups is 1. The quantitative estimate of drug-likeness (QED) is 0.351. The first-order valence-electron chi connectivity index (χ1n) is 12.6. The minimum atomic E-state index is -0.529. The summed E-state index contributed by atoms with van der Waals surface area (Å²) < 4.78 is 34.5. The van der Waals surface area contributed by atoms with Crippen LogP contribution in [-0.2, 0) is 17.7 Å². The van der Waals surface area contributed by atoms with Crippen molar-refractivity contribution in [3.8, 4) is 0 Å². The van der Waals surface area contributed by atoms with Crippen LogP contribution < -0.4 is 21.7 Å². The molecule has 0 bridgehead atoms. The molecule has 2 aliphatic rings. The van der Waals surface area contributed by atoms with Gasteiger partial charge in [0.1, 0.15) is 30.2 Å². The first kappa shape index (κ1) is 29.3. The van der Waals surface area contributed by atoms with E-state index < -0.39 is 12.0 Å². The van der Waals surface area contributed by atoms with Crippen molar-refractivity contribution in [1.29, 1.82) is 0 Å². The maximum Gasteiger partial charge on any atom is 0.153 e. The number of pyridine rings is 1. The second kappa shape index (κ2) is 14.6. The van der Waals surface area contributed by atoms with E-state index in [2.05, 4.69) is 43.4 Å². The molecule has 1 aromatic carbocycles. The Hall–Kier alpha value is -3.25. The van der Waals surface area contributed by atoms with Crippen molar-refractivity contribution >= 4 is 12.6 Å². The average Bonchev–Trinajstić information content (AvgIpc) is 3.58. The molecule has 0 saturated carbocycles. The number of aliphatic imine (C=N–C) groups is 2. The molecule has 11 heteroatoms. The van der Waals surface area contributed by atoms with Crippen LogP contribution in [0.15, 0.2) is 58.0 Å². The molecule has 206 valence electrons. The number of allylic oxidation sites excluding steroid dienone is 1. The summed E-state index contributed by atoms with van der Waals surface area (Å²) in [6, 6.07) is 7.22. The fraction of sp³-hybridized carbons (Fsp3) is 0.444. The Morgan fingerprint density at radius 1 is 1.29 bits per heavy atom. The lowest BCUT2D eigenvalue weighted by atomic mass is 10.1. The zero-order valence-corrected chi connectivity index (χ0v) is 22.3. The van der Waals surface area contributed by atoms with Crippen LogP contribution in [0.2, 0.25) is 0 Å². The minimum absolute atomic E-state index is 0.0977. The molecule has 2 aromatic rings. The largest absolute Gasteiger partial charge is 0.362 e. The summed E-state index contributed by atoms with van der Waals surface area (Å²) in [5, 5.41) is 10.2. The van der Waals surface area contributed by atoms with E-state index >= 15 is 4.39 Å². The van der Waals surface area contributed by atoms with Gasteiger partial charge < -0.3 is 31.3 Å². The highest BCUT2D eigenvalue weighted by Crippen LogP contribution is 2.32. The number of halogens is 2. The minimum Gasteiger partial charge on any atom is -0.362 e. The monoisotopic (exact) mass is 528 g/mol. The van der Waals surface area contributed by atoms with Crippen LogP contribution in [0.3, 0.4) is 0 Å². The fourth-order valence-electron chi connectivity index (χ4n) is 4.50. The van der Waals surface area contributed by atoms with Crippen LogP contribution in [-0.4, -0.2) is 69.0 Å². The highest BCUT2D eigenvalue weighted by Gasteiger charge is 2.36. The van der Waals surface area contributed by atoms with Crippen LogP contribution >= 0.6 is 0 Å². The van der Waals surface area contributed by atoms with Gasteiger partial charge in [-0.25, -0.2) is 13.8 Å². The lowest BCUT2D eigenvalue weighted by molar-refractivity contribution is 0.206. The smallest absolute Gasteiger partial charge is 0.153 e. The van der Waals surface area contributed by atoms with Crippen LogP contribution in [0.25, 0.3) is 0 Å². The third-order valence-electron chi connectivity index (χ3n) is 6.44. The lowest BCUT2D eigenvalue weighted by Gasteiger charge is -2.26. The molecule has 1 aromatic heterocycles. The van der Waals surface area contributed by atoms with Crippen molar-refractivity contribution < 1.29 is 13.5 Å². The number of nitrogens with one attached hydrogen (secondary N) is 3. The molecule has 2 atom stereocenters. The number of hydrogen-bond donors (Lipinski definition) is 4. The van der Waals surface area contributed by atoms with Crippen LogP contribution in [0.1, 0.15) is 36.2 Å². The second-order valence-electron chi connectivity index (χ2n) is 8.95. The highest BCUT2D eigenvalue weighted by molar-refractivity contribution is 6.00. The number of benzene rings is 1. The van der Waals surface area contributed by atoms with E-state index in [1.54, 1.807) is 32.4 Å². The van der Waals surface area contributed by atoms with E-state index in [0.717, 1.165) is 44.2 Å². The van der Waals surface area contributed by atoms with Crippen LogP contribution in [0, 0.1) is 11.6 Å². The topological polar surface area (TPSA) is 112 Å². The van der Waals surface area contributed by atoms with Crippen molar-refractivity contribution in [2.24, 2.45) is 15.7 Å². The summed E-state index contributed by atoms with van der Waals surface area (Å²) in [6.45, 7) is 8.52. The van der Waals surface area contributed by atoms with Crippen LogP contribution in [0.4, 0.5) is 8.78 Å². The number of nitrogens with zero attached hydrogens (tertiary/aromatic N) is 4. The van der Waals surface area contributed by atoms with Crippen molar-refractivity contribution in [2.45, 2.75) is 38.5 Å². The van der Waals surface area contributed by atoms with Crippen molar-refractivity contribution in [3.05, 3.63) is 76.4 Å². The van der Waals surface area contributed by atoms with E-state index in [0.29, 0.717) is 34.4 Å². The first-order valence-corrected chi connectivity index (χ1v) is 12.6.